The molecule has 1 aromatic carbocycles. The molecule has 0 N–H and O–H groups in total. The maximum atomic E-state index is 5.67. The second-order valence-corrected chi connectivity index (χ2v) is 4.02. The molecule has 17 heavy (non-hydrogen) atoms. The standard InChI is InChI=1S/C15H22O2/c1-3-8-15(17-11-4-2)13-16-12-14-9-6-5-7-10-14/h3,5-7,9-10,15H,1,4,8,11-13H2,2H3/t15-/m1/s1. The lowest BCUT2D eigenvalue weighted by Gasteiger charge is -2.16. The van der Waals surface area contributed by atoms with Crippen LogP contribution < -0.4 is 0 Å². The Morgan fingerprint density at radius 3 is 2.71 bits per heavy atom. The van der Waals surface area contributed by atoms with Crippen LogP contribution in [0.4, 0.5) is 0 Å². The molecule has 0 saturated heterocycles. The van der Waals surface area contributed by atoms with Crippen LogP contribution in [0.5, 0.6) is 0 Å². The zero-order valence-corrected chi connectivity index (χ0v) is 10.6. The molecule has 0 spiro atoms. The van der Waals surface area contributed by atoms with E-state index in [4.69, 9.17) is 9.47 Å². The molecule has 0 unspecified atom stereocenters. The van der Waals surface area contributed by atoms with Crippen molar-refractivity contribution in [1.29, 1.82) is 0 Å². The van der Waals surface area contributed by atoms with E-state index in [-0.39, 0.29) is 6.10 Å². The van der Waals surface area contributed by atoms with E-state index in [2.05, 4.69) is 25.6 Å². The van der Waals surface area contributed by atoms with Crippen molar-refractivity contribution in [3.63, 3.8) is 0 Å². The van der Waals surface area contributed by atoms with Gasteiger partial charge in [-0.2, -0.15) is 0 Å². The van der Waals surface area contributed by atoms with Crippen molar-refractivity contribution in [2.75, 3.05) is 13.2 Å². The second-order valence-electron chi connectivity index (χ2n) is 4.02. The van der Waals surface area contributed by atoms with Gasteiger partial charge in [0.05, 0.1) is 19.3 Å². The molecule has 1 aromatic rings. The topological polar surface area (TPSA) is 18.5 Å². The molecule has 0 bridgehead atoms. The molecule has 2 nitrogen and oxygen atoms in total. The van der Waals surface area contributed by atoms with Crippen molar-refractivity contribution in [3.8, 4) is 0 Å². The average molecular weight is 234 g/mol. The smallest absolute Gasteiger partial charge is 0.0842 e. The molecule has 94 valence electrons. The Bertz CT molecular complexity index is 295. The SMILES string of the molecule is C=CC[C@H](COCc1ccccc1)OCCC. The molecule has 1 atom stereocenters. The van der Waals surface area contributed by atoms with E-state index in [1.165, 1.54) is 5.56 Å². The molecule has 0 aromatic heterocycles. The number of hydrogen-bond acceptors (Lipinski definition) is 2. The van der Waals surface area contributed by atoms with Crippen LogP contribution in [0.2, 0.25) is 0 Å². The fourth-order valence-corrected chi connectivity index (χ4v) is 1.54. The molecule has 2 heteroatoms. The van der Waals surface area contributed by atoms with Gasteiger partial charge in [-0.15, -0.1) is 6.58 Å². The molecule has 0 radical (unpaired) electrons. The third-order valence-electron chi connectivity index (χ3n) is 2.40. The van der Waals surface area contributed by atoms with E-state index in [1.807, 2.05) is 24.3 Å². The number of rotatable bonds is 9. The van der Waals surface area contributed by atoms with Gasteiger partial charge in [0, 0.05) is 6.61 Å². The summed E-state index contributed by atoms with van der Waals surface area (Å²) in [5.74, 6) is 0. The van der Waals surface area contributed by atoms with Crippen molar-refractivity contribution < 1.29 is 9.47 Å². The van der Waals surface area contributed by atoms with Crippen LogP contribution in [0.3, 0.4) is 0 Å². The van der Waals surface area contributed by atoms with Gasteiger partial charge in [-0.25, -0.2) is 0 Å². The number of hydrogen-bond donors (Lipinski definition) is 0. The normalized spacial score (nSPS) is 12.3. The quantitative estimate of drug-likeness (QED) is 0.608. The van der Waals surface area contributed by atoms with Crippen LogP contribution in [0.1, 0.15) is 25.3 Å². The van der Waals surface area contributed by atoms with Crippen LogP contribution in [0.25, 0.3) is 0 Å². The van der Waals surface area contributed by atoms with Crippen LogP contribution in [-0.2, 0) is 16.1 Å². The molecule has 0 amide bonds. The summed E-state index contributed by atoms with van der Waals surface area (Å²) in [4.78, 5) is 0. The monoisotopic (exact) mass is 234 g/mol. The highest BCUT2D eigenvalue weighted by atomic mass is 16.5. The lowest BCUT2D eigenvalue weighted by molar-refractivity contribution is -0.0196. The van der Waals surface area contributed by atoms with Gasteiger partial charge in [-0.3, -0.25) is 0 Å². The first-order chi connectivity index (χ1) is 8.36. The van der Waals surface area contributed by atoms with Gasteiger partial charge in [0.15, 0.2) is 0 Å². The number of benzene rings is 1. The van der Waals surface area contributed by atoms with E-state index >= 15 is 0 Å². The summed E-state index contributed by atoms with van der Waals surface area (Å²) in [7, 11) is 0. The average Bonchev–Trinajstić information content (AvgIpc) is 2.37. The van der Waals surface area contributed by atoms with Crippen molar-refractivity contribution in [2.45, 2.75) is 32.5 Å². The Kier molecular flexibility index (Phi) is 7.35. The Morgan fingerprint density at radius 1 is 1.29 bits per heavy atom. The van der Waals surface area contributed by atoms with Gasteiger partial charge in [-0.1, -0.05) is 43.3 Å². The predicted molar refractivity (Wildman–Crippen MR) is 70.9 cm³/mol. The van der Waals surface area contributed by atoms with Crippen LogP contribution in [0.15, 0.2) is 43.0 Å². The first-order valence-corrected chi connectivity index (χ1v) is 6.21. The minimum Gasteiger partial charge on any atom is -0.376 e. The summed E-state index contributed by atoms with van der Waals surface area (Å²) in [5.41, 5.74) is 1.19. The molecular formula is C15H22O2. The Balaban J connectivity index is 2.24. The second kappa shape index (κ2) is 8.97. The zero-order valence-electron chi connectivity index (χ0n) is 10.6. The lowest BCUT2D eigenvalue weighted by atomic mass is 10.2. The fraction of sp³-hybridized carbons (Fsp3) is 0.467. The van der Waals surface area contributed by atoms with Crippen molar-refractivity contribution in [3.05, 3.63) is 48.6 Å². The molecule has 0 aliphatic rings. The number of ether oxygens (including phenoxy) is 2. The summed E-state index contributed by atoms with van der Waals surface area (Å²) in [6.07, 6.45) is 3.89. The van der Waals surface area contributed by atoms with E-state index in [9.17, 15) is 0 Å². The Labute approximate surface area is 104 Å². The summed E-state index contributed by atoms with van der Waals surface area (Å²) in [6.45, 7) is 7.90. The van der Waals surface area contributed by atoms with Crippen molar-refractivity contribution >= 4 is 0 Å². The lowest BCUT2D eigenvalue weighted by Crippen LogP contribution is -2.19. The summed E-state index contributed by atoms with van der Waals surface area (Å²) < 4.78 is 11.3. The molecule has 0 aliphatic heterocycles. The van der Waals surface area contributed by atoms with Crippen LogP contribution >= 0.6 is 0 Å². The van der Waals surface area contributed by atoms with Gasteiger partial charge >= 0.3 is 0 Å². The van der Waals surface area contributed by atoms with E-state index in [0.29, 0.717) is 13.2 Å². The van der Waals surface area contributed by atoms with E-state index in [1.54, 1.807) is 0 Å². The minimum atomic E-state index is 0.135. The highest BCUT2D eigenvalue weighted by molar-refractivity contribution is 5.13. The van der Waals surface area contributed by atoms with Crippen LogP contribution in [0, 0.1) is 0 Å². The maximum Gasteiger partial charge on any atom is 0.0842 e. The summed E-state index contributed by atoms with van der Waals surface area (Å²) >= 11 is 0. The van der Waals surface area contributed by atoms with Crippen molar-refractivity contribution in [1.82, 2.24) is 0 Å². The molecule has 0 fully saturated rings. The van der Waals surface area contributed by atoms with Gasteiger partial charge in [0.25, 0.3) is 0 Å². The predicted octanol–water partition coefficient (Wildman–Crippen LogP) is 3.57. The molecule has 0 aliphatic carbocycles. The minimum absolute atomic E-state index is 0.135. The van der Waals surface area contributed by atoms with Gasteiger partial charge < -0.3 is 9.47 Å². The molecule has 1 rings (SSSR count). The third kappa shape index (κ3) is 6.25. The Hall–Kier alpha value is -1.12. The highest BCUT2D eigenvalue weighted by Crippen LogP contribution is 2.05. The van der Waals surface area contributed by atoms with Gasteiger partial charge in [-0.05, 0) is 18.4 Å². The fourth-order valence-electron chi connectivity index (χ4n) is 1.54. The summed E-state index contributed by atoms with van der Waals surface area (Å²) in [5, 5.41) is 0. The van der Waals surface area contributed by atoms with Crippen molar-refractivity contribution in [2.24, 2.45) is 0 Å². The van der Waals surface area contributed by atoms with E-state index in [0.717, 1.165) is 19.4 Å². The molecule has 0 saturated carbocycles. The third-order valence-corrected chi connectivity index (χ3v) is 2.40. The van der Waals surface area contributed by atoms with Gasteiger partial charge in [0.1, 0.15) is 0 Å². The molecular weight excluding hydrogens is 212 g/mol. The highest BCUT2D eigenvalue weighted by Gasteiger charge is 2.06. The first kappa shape index (κ1) is 13.9. The first-order valence-electron chi connectivity index (χ1n) is 6.21. The van der Waals surface area contributed by atoms with Gasteiger partial charge in [0.2, 0.25) is 0 Å². The Morgan fingerprint density at radius 2 is 2.06 bits per heavy atom. The van der Waals surface area contributed by atoms with E-state index < -0.39 is 0 Å². The van der Waals surface area contributed by atoms with Crippen LogP contribution in [-0.4, -0.2) is 19.3 Å². The largest absolute Gasteiger partial charge is 0.376 e. The molecule has 0 heterocycles. The maximum absolute atomic E-state index is 5.67. The zero-order chi connectivity index (χ0) is 12.3. The summed E-state index contributed by atoms with van der Waals surface area (Å²) in [6, 6.07) is 10.2.